The fraction of sp³-hybridized carbons (Fsp3) is 0.286. The second kappa shape index (κ2) is 15.5. The van der Waals surface area contributed by atoms with Gasteiger partial charge in [0, 0.05) is 58.9 Å². The number of nitrogens with one attached hydrogen (secondary N) is 4. The molecular weight excluding hydrogens is 655 g/mol. The highest BCUT2D eigenvalue weighted by molar-refractivity contribution is 5.84. The third-order valence-electron chi connectivity index (χ3n) is 8.34. The van der Waals surface area contributed by atoms with Crippen molar-refractivity contribution in [3.8, 4) is 6.07 Å². The second-order valence-corrected chi connectivity index (χ2v) is 12.3. The zero-order valence-electron chi connectivity index (χ0n) is 28.1. The zero-order valence-corrected chi connectivity index (χ0v) is 28.1. The first-order chi connectivity index (χ1) is 24.6. The molecule has 1 fully saturated rings. The monoisotopic (exact) mass is 692 g/mol. The van der Waals surface area contributed by atoms with Crippen LogP contribution in [0.25, 0.3) is 11.0 Å². The standard InChI is InChI=1S/C35H37FN12O3/c1-46(2)31(49)29(17-22-6-8-23(19-37)9-7-22)42-34-44-32(38-20-30-40-27-11-10-25(36)18-28(27)41-30)43-33(45-34)39-26-5-3-4-24(16-26)21-47-12-14-48(15-13-47)35(50)51/h3-11,16,18,29H,12-15,17,20-21H2,1-2H3,(H,40,41)(H,50,51)(H3,38,39,42,43,44,45). The Morgan fingerprint density at radius 2 is 1.71 bits per heavy atom. The Balaban J connectivity index is 1.24. The summed E-state index contributed by atoms with van der Waals surface area (Å²) in [5, 5.41) is 28.1. The van der Waals surface area contributed by atoms with Crippen molar-refractivity contribution >= 4 is 46.6 Å². The number of carbonyl (C=O) groups excluding carboxylic acids is 1. The Hall–Kier alpha value is -6.34. The molecule has 1 aliphatic heterocycles. The molecule has 3 aromatic carbocycles. The van der Waals surface area contributed by atoms with Crippen LogP contribution < -0.4 is 16.0 Å². The van der Waals surface area contributed by atoms with Gasteiger partial charge < -0.3 is 35.8 Å². The average molecular weight is 693 g/mol. The van der Waals surface area contributed by atoms with Gasteiger partial charge in [-0.3, -0.25) is 9.69 Å². The van der Waals surface area contributed by atoms with E-state index in [9.17, 15) is 24.3 Å². The Bertz CT molecular complexity index is 2060. The van der Waals surface area contributed by atoms with Crippen molar-refractivity contribution in [3.05, 3.63) is 95.1 Å². The minimum atomic E-state index is -0.902. The van der Waals surface area contributed by atoms with Crippen LogP contribution in [0.3, 0.4) is 0 Å². The molecule has 0 spiro atoms. The Morgan fingerprint density at radius 3 is 2.43 bits per heavy atom. The van der Waals surface area contributed by atoms with E-state index in [2.05, 4.69) is 51.8 Å². The van der Waals surface area contributed by atoms with Crippen LogP contribution in [-0.2, 0) is 24.3 Å². The lowest BCUT2D eigenvalue weighted by Crippen LogP contribution is -2.47. The van der Waals surface area contributed by atoms with Gasteiger partial charge in [0.25, 0.3) is 0 Å². The lowest BCUT2D eigenvalue weighted by molar-refractivity contribution is -0.129. The highest BCUT2D eigenvalue weighted by Gasteiger charge is 2.23. The van der Waals surface area contributed by atoms with E-state index in [-0.39, 0.29) is 36.1 Å². The van der Waals surface area contributed by atoms with Crippen molar-refractivity contribution < 1.29 is 19.1 Å². The number of imidazole rings is 1. The van der Waals surface area contributed by atoms with Gasteiger partial charge in [-0.1, -0.05) is 24.3 Å². The maximum atomic E-state index is 13.8. The molecule has 5 aromatic rings. The number of anilines is 4. The number of amides is 2. The van der Waals surface area contributed by atoms with E-state index in [1.807, 2.05) is 36.4 Å². The Kier molecular flexibility index (Phi) is 10.5. The molecule has 16 heteroatoms. The van der Waals surface area contributed by atoms with E-state index < -0.39 is 12.1 Å². The lowest BCUT2D eigenvalue weighted by atomic mass is 10.0. The van der Waals surface area contributed by atoms with E-state index in [1.165, 1.54) is 21.9 Å². The molecule has 15 nitrogen and oxygen atoms in total. The van der Waals surface area contributed by atoms with Crippen molar-refractivity contribution in [2.75, 3.05) is 56.2 Å². The first kappa shape index (κ1) is 34.5. The van der Waals surface area contributed by atoms with Gasteiger partial charge in [0.2, 0.25) is 23.8 Å². The molecule has 5 N–H and O–H groups in total. The molecule has 3 heterocycles. The summed E-state index contributed by atoms with van der Waals surface area (Å²) in [7, 11) is 3.34. The van der Waals surface area contributed by atoms with Crippen LogP contribution in [0.4, 0.5) is 32.7 Å². The first-order valence-corrected chi connectivity index (χ1v) is 16.3. The van der Waals surface area contributed by atoms with Gasteiger partial charge in [-0.25, -0.2) is 14.2 Å². The van der Waals surface area contributed by atoms with Crippen LogP contribution >= 0.6 is 0 Å². The molecule has 1 aliphatic rings. The minimum absolute atomic E-state index is 0.142. The van der Waals surface area contributed by atoms with E-state index in [4.69, 9.17) is 0 Å². The molecule has 2 amide bonds. The van der Waals surface area contributed by atoms with E-state index >= 15 is 0 Å². The van der Waals surface area contributed by atoms with Gasteiger partial charge in [-0.05, 0) is 53.6 Å². The molecule has 0 radical (unpaired) electrons. The number of carbonyl (C=O) groups is 2. The number of piperazine rings is 1. The van der Waals surface area contributed by atoms with Crippen LogP contribution in [0.15, 0.2) is 66.7 Å². The smallest absolute Gasteiger partial charge is 0.407 e. The second-order valence-electron chi connectivity index (χ2n) is 12.3. The molecule has 0 saturated carbocycles. The van der Waals surface area contributed by atoms with Crippen LogP contribution in [-0.4, -0.2) is 103 Å². The molecule has 0 bridgehead atoms. The maximum Gasteiger partial charge on any atom is 0.407 e. The van der Waals surface area contributed by atoms with Crippen molar-refractivity contribution in [2.45, 2.75) is 25.6 Å². The number of aromatic amines is 1. The number of H-pyrrole nitrogens is 1. The number of nitriles is 1. The first-order valence-electron chi connectivity index (χ1n) is 16.3. The topological polar surface area (TPSA) is 191 Å². The van der Waals surface area contributed by atoms with Crippen molar-refractivity contribution in [3.63, 3.8) is 0 Å². The molecular formula is C35H37FN12O3. The quantitative estimate of drug-likeness (QED) is 0.126. The summed E-state index contributed by atoms with van der Waals surface area (Å²) >= 11 is 0. The number of rotatable bonds is 12. The molecule has 51 heavy (non-hydrogen) atoms. The summed E-state index contributed by atoms with van der Waals surface area (Å²) in [6.07, 6.45) is -0.598. The number of carboxylic acid groups (broad SMARTS) is 1. The maximum absolute atomic E-state index is 13.8. The highest BCUT2D eigenvalue weighted by atomic mass is 19.1. The van der Waals surface area contributed by atoms with Crippen LogP contribution in [0.5, 0.6) is 0 Å². The van der Waals surface area contributed by atoms with E-state index in [1.54, 1.807) is 32.3 Å². The SMILES string of the molecule is CN(C)C(=O)C(Cc1ccc(C#N)cc1)Nc1nc(NCc2nc3ccc(F)cc3[nH]2)nc(Nc2cccc(CN3CCN(C(=O)O)CC3)c2)n1. The van der Waals surface area contributed by atoms with Crippen LogP contribution in [0, 0.1) is 17.1 Å². The van der Waals surface area contributed by atoms with Crippen LogP contribution in [0.2, 0.25) is 0 Å². The van der Waals surface area contributed by atoms with E-state index in [0.717, 1.165) is 16.8 Å². The molecule has 0 aliphatic carbocycles. The highest BCUT2D eigenvalue weighted by Crippen LogP contribution is 2.21. The fourth-order valence-corrected chi connectivity index (χ4v) is 5.71. The number of nitrogens with zero attached hydrogens (tertiary/aromatic N) is 8. The largest absolute Gasteiger partial charge is 0.465 e. The number of benzene rings is 3. The molecule has 1 saturated heterocycles. The van der Waals surface area contributed by atoms with Crippen molar-refractivity contribution in [1.29, 1.82) is 5.26 Å². The van der Waals surface area contributed by atoms with Gasteiger partial charge in [0.1, 0.15) is 17.7 Å². The Labute approximate surface area is 293 Å². The number of likely N-dealkylation sites (N-methyl/N-ethyl adjacent to an activating group) is 1. The molecule has 1 atom stereocenters. The van der Waals surface area contributed by atoms with Gasteiger partial charge >= 0.3 is 6.09 Å². The number of hydrogen-bond acceptors (Lipinski definition) is 11. The number of fused-ring (bicyclic) bond motifs is 1. The zero-order chi connectivity index (χ0) is 35.9. The fourth-order valence-electron chi connectivity index (χ4n) is 5.71. The third-order valence-corrected chi connectivity index (χ3v) is 8.34. The predicted octanol–water partition coefficient (Wildman–Crippen LogP) is 4.02. The summed E-state index contributed by atoms with van der Waals surface area (Å²) in [6, 6.07) is 20.5. The summed E-state index contributed by atoms with van der Waals surface area (Å²) < 4.78 is 13.8. The van der Waals surface area contributed by atoms with Crippen molar-refractivity contribution in [1.82, 2.24) is 39.6 Å². The van der Waals surface area contributed by atoms with Gasteiger partial charge in [0.05, 0.1) is 29.2 Å². The number of halogens is 1. The summed E-state index contributed by atoms with van der Waals surface area (Å²) in [6.45, 7) is 3.02. The number of aromatic nitrogens is 5. The summed E-state index contributed by atoms with van der Waals surface area (Å²) in [4.78, 5) is 51.1. The van der Waals surface area contributed by atoms with E-state index in [0.29, 0.717) is 61.6 Å². The molecule has 2 aromatic heterocycles. The normalized spacial score (nSPS) is 13.7. The summed E-state index contributed by atoms with van der Waals surface area (Å²) in [5.41, 5.74) is 4.28. The number of hydrogen-bond donors (Lipinski definition) is 5. The van der Waals surface area contributed by atoms with Crippen molar-refractivity contribution in [2.24, 2.45) is 0 Å². The average Bonchev–Trinajstić information content (AvgIpc) is 3.53. The van der Waals surface area contributed by atoms with Gasteiger partial charge in [-0.15, -0.1) is 0 Å². The summed E-state index contributed by atoms with van der Waals surface area (Å²) in [5.74, 6) is 0.519. The molecule has 262 valence electrons. The Morgan fingerprint density at radius 1 is 0.961 bits per heavy atom. The predicted molar refractivity (Wildman–Crippen MR) is 189 cm³/mol. The molecule has 6 rings (SSSR count). The third kappa shape index (κ3) is 9.02. The molecule has 1 unspecified atom stereocenters. The minimum Gasteiger partial charge on any atom is -0.465 e. The van der Waals surface area contributed by atoms with Gasteiger partial charge in [0.15, 0.2) is 0 Å². The lowest BCUT2D eigenvalue weighted by Gasteiger charge is -2.33. The van der Waals surface area contributed by atoms with Gasteiger partial charge in [-0.2, -0.15) is 20.2 Å². The van der Waals surface area contributed by atoms with Crippen LogP contribution in [0.1, 0.15) is 22.5 Å².